The second kappa shape index (κ2) is 4.76. The van der Waals surface area contributed by atoms with Crippen LogP contribution in [0.1, 0.15) is 44.5 Å². The van der Waals surface area contributed by atoms with Gasteiger partial charge in [-0.25, -0.2) is 4.98 Å². The second-order valence-electron chi connectivity index (χ2n) is 4.98. The number of hydrogen-bond acceptors (Lipinski definition) is 2. The van der Waals surface area contributed by atoms with E-state index in [1.807, 2.05) is 0 Å². The molecule has 0 bridgehead atoms. The van der Waals surface area contributed by atoms with Gasteiger partial charge < -0.3 is 9.47 Å². The van der Waals surface area contributed by atoms with Crippen molar-refractivity contribution in [1.29, 1.82) is 0 Å². The van der Waals surface area contributed by atoms with Crippen molar-refractivity contribution < 1.29 is 0 Å². The first-order valence-electron chi connectivity index (χ1n) is 6.00. The predicted molar refractivity (Wildman–Crippen MR) is 67.1 cm³/mol. The molecule has 1 saturated heterocycles. The minimum Gasteiger partial charge on any atom is -0.316 e. The van der Waals surface area contributed by atoms with E-state index < -0.39 is 0 Å². The van der Waals surface area contributed by atoms with E-state index in [-0.39, 0.29) is 0 Å². The summed E-state index contributed by atoms with van der Waals surface area (Å²) in [6.45, 7) is 6.64. The van der Waals surface area contributed by atoms with Crippen LogP contribution in [0, 0.1) is 0 Å². The molecule has 0 saturated carbocycles. The number of halogens is 1. The Hall–Kier alpha value is -0.540. The quantitative estimate of drug-likeness (QED) is 0.794. The fourth-order valence-corrected chi connectivity index (χ4v) is 2.76. The SMILES string of the molecule is CC(C)n1c(Cl)cnc1C1CCN(C)CC1. The maximum absolute atomic E-state index is 6.18. The summed E-state index contributed by atoms with van der Waals surface area (Å²) in [7, 11) is 2.18. The molecule has 1 aromatic rings. The Bertz CT molecular complexity index is 351. The van der Waals surface area contributed by atoms with Crippen LogP contribution < -0.4 is 0 Å². The summed E-state index contributed by atoms with van der Waals surface area (Å²) in [6.07, 6.45) is 4.17. The smallest absolute Gasteiger partial charge is 0.129 e. The zero-order valence-corrected chi connectivity index (χ0v) is 11.0. The number of hydrogen-bond donors (Lipinski definition) is 0. The van der Waals surface area contributed by atoms with Crippen LogP contribution in [-0.4, -0.2) is 34.6 Å². The fraction of sp³-hybridized carbons (Fsp3) is 0.750. The molecule has 0 radical (unpaired) electrons. The molecule has 2 heterocycles. The molecule has 16 heavy (non-hydrogen) atoms. The van der Waals surface area contributed by atoms with Gasteiger partial charge in [-0.2, -0.15) is 0 Å². The lowest BCUT2D eigenvalue weighted by atomic mass is 9.96. The molecule has 1 aromatic heterocycles. The molecule has 0 aromatic carbocycles. The van der Waals surface area contributed by atoms with Crippen LogP contribution in [0.15, 0.2) is 6.20 Å². The van der Waals surface area contributed by atoms with Gasteiger partial charge in [-0.05, 0) is 46.8 Å². The number of rotatable bonds is 2. The van der Waals surface area contributed by atoms with E-state index in [2.05, 4.69) is 35.3 Å². The Balaban J connectivity index is 2.20. The van der Waals surface area contributed by atoms with E-state index in [9.17, 15) is 0 Å². The molecule has 1 aliphatic heterocycles. The average Bonchev–Trinajstić information content (AvgIpc) is 2.61. The summed E-state index contributed by atoms with van der Waals surface area (Å²) in [5, 5.41) is 0.768. The van der Waals surface area contributed by atoms with Gasteiger partial charge in [0.15, 0.2) is 0 Å². The normalized spacial score (nSPS) is 19.6. The molecule has 0 N–H and O–H groups in total. The molecular formula is C12H20ClN3. The van der Waals surface area contributed by atoms with Crippen LogP contribution in [-0.2, 0) is 0 Å². The van der Waals surface area contributed by atoms with Gasteiger partial charge in [0.1, 0.15) is 11.0 Å². The van der Waals surface area contributed by atoms with Gasteiger partial charge in [0.2, 0.25) is 0 Å². The first kappa shape index (κ1) is 11.9. The summed E-state index contributed by atoms with van der Waals surface area (Å²) < 4.78 is 2.16. The summed E-state index contributed by atoms with van der Waals surface area (Å²) in [4.78, 5) is 6.87. The van der Waals surface area contributed by atoms with Crippen molar-refractivity contribution in [2.24, 2.45) is 0 Å². The lowest BCUT2D eigenvalue weighted by Crippen LogP contribution is -2.30. The first-order chi connectivity index (χ1) is 7.59. The van der Waals surface area contributed by atoms with Crippen LogP contribution in [0.25, 0.3) is 0 Å². The van der Waals surface area contributed by atoms with E-state index in [0.717, 1.165) is 18.2 Å². The minimum atomic E-state index is 0.393. The van der Waals surface area contributed by atoms with Crippen molar-refractivity contribution in [2.45, 2.75) is 38.6 Å². The Morgan fingerprint density at radius 3 is 2.56 bits per heavy atom. The van der Waals surface area contributed by atoms with Gasteiger partial charge in [0, 0.05) is 12.0 Å². The van der Waals surface area contributed by atoms with Gasteiger partial charge >= 0.3 is 0 Å². The molecule has 0 atom stereocenters. The third-order valence-corrected chi connectivity index (χ3v) is 3.66. The van der Waals surface area contributed by atoms with Crippen molar-refractivity contribution in [2.75, 3.05) is 20.1 Å². The van der Waals surface area contributed by atoms with Gasteiger partial charge in [-0.15, -0.1) is 0 Å². The van der Waals surface area contributed by atoms with Gasteiger partial charge in [0.05, 0.1) is 6.20 Å². The standard InChI is InChI=1S/C12H20ClN3/c1-9(2)16-11(13)8-14-12(16)10-4-6-15(3)7-5-10/h8-10H,4-7H2,1-3H3. The Morgan fingerprint density at radius 2 is 2.00 bits per heavy atom. The highest BCUT2D eigenvalue weighted by atomic mass is 35.5. The van der Waals surface area contributed by atoms with E-state index in [1.54, 1.807) is 6.20 Å². The molecule has 2 rings (SSSR count). The van der Waals surface area contributed by atoms with E-state index in [4.69, 9.17) is 11.6 Å². The van der Waals surface area contributed by atoms with Crippen molar-refractivity contribution in [3.8, 4) is 0 Å². The maximum Gasteiger partial charge on any atom is 0.129 e. The predicted octanol–water partition coefficient (Wildman–Crippen LogP) is 2.93. The van der Waals surface area contributed by atoms with Gasteiger partial charge in [0.25, 0.3) is 0 Å². The molecule has 0 amide bonds. The topological polar surface area (TPSA) is 21.1 Å². The number of piperidine rings is 1. The first-order valence-corrected chi connectivity index (χ1v) is 6.38. The van der Waals surface area contributed by atoms with Crippen molar-refractivity contribution in [1.82, 2.24) is 14.5 Å². The lowest BCUT2D eigenvalue weighted by molar-refractivity contribution is 0.247. The van der Waals surface area contributed by atoms with Crippen molar-refractivity contribution in [3.05, 3.63) is 17.2 Å². The summed E-state index contributed by atoms with van der Waals surface area (Å²) >= 11 is 6.18. The lowest BCUT2D eigenvalue weighted by Gasteiger charge is -2.29. The highest BCUT2D eigenvalue weighted by Crippen LogP contribution is 2.30. The average molecular weight is 242 g/mol. The number of imidazole rings is 1. The Labute approximate surface area is 102 Å². The largest absolute Gasteiger partial charge is 0.316 e. The van der Waals surface area contributed by atoms with E-state index >= 15 is 0 Å². The molecule has 3 nitrogen and oxygen atoms in total. The molecule has 1 fully saturated rings. The van der Waals surface area contributed by atoms with Crippen molar-refractivity contribution in [3.63, 3.8) is 0 Å². The van der Waals surface area contributed by atoms with Gasteiger partial charge in [-0.1, -0.05) is 11.6 Å². The zero-order chi connectivity index (χ0) is 11.7. The molecule has 1 aliphatic rings. The molecule has 0 aliphatic carbocycles. The van der Waals surface area contributed by atoms with Crippen LogP contribution in [0.5, 0.6) is 0 Å². The maximum atomic E-state index is 6.18. The van der Waals surface area contributed by atoms with E-state index in [0.29, 0.717) is 12.0 Å². The third-order valence-electron chi connectivity index (χ3n) is 3.38. The fourth-order valence-electron chi connectivity index (χ4n) is 2.43. The summed E-state index contributed by atoms with van der Waals surface area (Å²) in [6, 6.07) is 0.393. The molecule has 0 spiro atoms. The molecule has 90 valence electrons. The van der Waals surface area contributed by atoms with Crippen LogP contribution >= 0.6 is 11.6 Å². The highest BCUT2D eigenvalue weighted by molar-refractivity contribution is 6.29. The minimum absolute atomic E-state index is 0.393. The molecule has 0 unspecified atom stereocenters. The summed E-state index contributed by atoms with van der Waals surface area (Å²) in [5.74, 6) is 1.75. The van der Waals surface area contributed by atoms with Crippen LogP contribution in [0.3, 0.4) is 0 Å². The molecular weight excluding hydrogens is 222 g/mol. The number of nitrogens with zero attached hydrogens (tertiary/aromatic N) is 3. The molecule has 4 heteroatoms. The number of likely N-dealkylation sites (tertiary alicyclic amines) is 1. The zero-order valence-electron chi connectivity index (χ0n) is 10.3. The third kappa shape index (κ3) is 2.25. The van der Waals surface area contributed by atoms with Gasteiger partial charge in [-0.3, -0.25) is 0 Å². The second-order valence-corrected chi connectivity index (χ2v) is 5.37. The van der Waals surface area contributed by atoms with E-state index in [1.165, 1.54) is 18.7 Å². The monoisotopic (exact) mass is 241 g/mol. The van der Waals surface area contributed by atoms with Crippen LogP contribution in [0.4, 0.5) is 0 Å². The van der Waals surface area contributed by atoms with Crippen LogP contribution in [0.2, 0.25) is 5.15 Å². The van der Waals surface area contributed by atoms with Crippen molar-refractivity contribution >= 4 is 11.6 Å². The highest BCUT2D eigenvalue weighted by Gasteiger charge is 2.24. The summed E-state index contributed by atoms with van der Waals surface area (Å²) in [5.41, 5.74) is 0. The number of aromatic nitrogens is 2. The Kier molecular flexibility index (Phi) is 3.55. The Morgan fingerprint density at radius 1 is 1.38 bits per heavy atom.